The van der Waals surface area contributed by atoms with Crippen molar-refractivity contribution in [3.63, 3.8) is 0 Å². The number of benzene rings is 3. The molecular weight excluding hydrogens is 574 g/mol. The molecule has 7 heteroatoms. The number of rotatable bonds is 6. The molecule has 31 heavy (non-hydrogen) atoms. The lowest BCUT2D eigenvalue weighted by atomic mass is 10.1. The van der Waals surface area contributed by atoms with Gasteiger partial charge in [-0.05, 0) is 105 Å². The Morgan fingerprint density at radius 3 is 2.61 bits per heavy atom. The maximum Gasteiger partial charge on any atom is 0.266 e. The maximum atomic E-state index is 13.0. The van der Waals surface area contributed by atoms with Gasteiger partial charge in [-0.15, -0.1) is 0 Å². The first kappa shape index (κ1) is 23.0. The molecule has 156 valence electrons. The highest BCUT2D eigenvalue weighted by molar-refractivity contribution is 14.1. The van der Waals surface area contributed by atoms with E-state index in [-0.39, 0.29) is 18.0 Å². The molecule has 3 rings (SSSR count). The summed E-state index contributed by atoms with van der Waals surface area (Å²) in [6.07, 6.45) is 1.53. The Kier molecular flexibility index (Phi) is 7.82. The summed E-state index contributed by atoms with van der Waals surface area (Å²) in [6, 6.07) is 19.0. The molecule has 0 saturated carbocycles. The first-order chi connectivity index (χ1) is 14.9. The summed E-state index contributed by atoms with van der Waals surface area (Å²) < 4.78 is 20.4. The van der Waals surface area contributed by atoms with E-state index in [1.165, 1.54) is 18.2 Å². The Balaban J connectivity index is 1.76. The Bertz CT molecular complexity index is 1160. The second kappa shape index (κ2) is 10.6. The second-order valence-corrected chi connectivity index (χ2v) is 8.74. The van der Waals surface area contributed by atoms with Gasteiger partial charge in [0, 0.05) is 5.69 Å². The summed E-state index contributed by atoms with van der Waals surface area (Å²) in [5.74, 6) is -0.143. The van der Waals surface area contributed by atoms with Crippen LogP contribution in [-0.2, 0) is 11.4 Å². The van der Waals surface area contributed by atoms with Gasteiger partial charge in [-0.1, -0.05) is 24.3 Å². The van der Waals surface area contributed by atoms with Gasteiger partial charge in [-0.3, -0.25) is 4.79 Å². The molecular formula is C24H17BrFIN2O2. The number of carbonyl (C=O) groups excluding carboxylic acids is 1. The van der Waals surface area contributed by atoms with Crippen LogP contribution in [0.4, 0.5) is 10.1 Å². The van der Waals surface area contributed by atoms with Crippen LogP contribution in [-0.4, -0.2) is 5.91 Å². The summed E-state index contributed by atoms with van der Waals surface area (Å²) in [7, 11) is 0. The minimum absolute atomic E-state index is 0.0100. The number of nitriles is 1. The van der Waals surface area contributed by atoms with Crippen LogP contribution in [0, 0.1) is 27.6 Å². The van der Waals surface area contributed by atoms with E-state index >= 15 is 0 Å². The fourth-order valence-electron chi connectivity index (χ4n) is 2.77. The molecule has 0 radical (unpaired) electrons. The molecule has 3 aromatic rings. The van der Waals surface area contributed by atoms with Crippen molar-refractivity contribution in [1.29, 1.82) is 5.26 Å². The first-order valence-corrected chi connectivity index (χ1v) is 11.1. The van der Waals surface area contributed by atoms with Crippen LogP contribution in [0.1, 0.15) is 16.7 Å². The molecule has 0 spiro atoms. The van der Waals surface area contributed by atoms with Crippen molar-refractivity contribution in [2.75, 3.05) is 5.32 Å². The number of nitrogens with zero attached hydrogens (tertiary/aromatic N) is 1. The lowest BCUT2D eigenvalue weighted by molar-refractivity contribution is -0.112. The van der Waals surface area contributed by atoms with Crippen LogP contribution in [0.3, 0.4) is 0 Å². The average Bonchev–Trinajstić information content (AvgIpc) is 2.72. The summed E-state index contributed by atoms with van der Waals surface area (Å²) in [4.78, 5) is 12.5. The molecule has 0 fully saturated rings. The van der Waals surface area contributed by atoms with Gasteiger partial charge in [0.2, 0.25) is 0 Å². The molecule has 0 aliphatic heterocycles. The van der Waals surface area contributed by atoms with Gasteiger partial charge in [0.05, 0.1) is 8.04 Å². The average molecular weight is 591 g/mol. The molecule has 4 nitrogen and oxygen atoms in total. The third-order valence-electron chi connectivity index (χ3n) is 4.27. The number of aryl methyl sites for hydroxylation is 1. The van der Waals surface area contributed by atoms with Gasteiger partial charge in [-0.2, -0.15) is 5.26 Å². The van der Waals surface area contributed by atoms with E-state index in [0.29, 0.717) is 21.5 Å². The summed E-state index contributed by atoms with van der Waals surface area (Å²) in [6.45, 7) is 2.21. The number of hydrogen-bond acceptors (Lipinski definition) is 3. The zero-order valence-electron chi connectivity index (χ0n) is 16.5. The first-order valence-electron chi connectivity index (χ1n) is 9.22. The highest BCUT2D eigenvalue weighted by Gasteiger charge is 2.13. The van der Waals surface area contributed by atoms with Crippen LogP contribution in [0.25, 0.3) is 6.08 Å². The van der Waals surface area contributed by atoms with Gasteiger partial charge in [-0.25, -0.2) is 4.39 Å². The van der Waals surface area contributed by atoms with E-state index in [9.17, 15) is 14.4 Å². The van der Waals surface area contributed by atoms with Crippen molar-refractivity contribution in [1.82, 2.24) is 0 Å². The zero-order valence-corrected chi connectivity index (χ0v) is 20.2. The molecule has 0 bridgehead atoms. The Morgan fingerprint density at radius 1 is 1.23 bits per heavy atom. The quantitative estimate of drug-likeness (QED) is 0.199. The van der Waals surface area contributed by atoms with Gasteiger partial charge in [0.15, 0.2) is 0 Å². The number of anilines is 1. The van der Waals surface area contributed by atoms with E-state index in [0.717, 1.165) is 14.7 Å². The smallest absolute Gasteiger partial charge is 0.266 e. The van der Waals surface area contributed by atoms with E-state index < -0.39 is 5.91 Å². The lowest BCUT2D eigenvalue weighted by Crippen LogP contribution is -2.13. The fourth-order valence-corrected chi connectivity index (χ4v) is 4.54. The fraction of sp³-hybridized carbons (Fsp3) is 0.0833. The van der Waals surface area contributed by atoms with E-state index in [1.807, 2.05) is 37.3 Å². The topological polar surface area (TPSA) is 62.1 Å². The summed E-state index contributed by atoms with van der Waals surface area (Å²) >= 11 is 5.62. The van der Waals surface area contributed by atoms with E-state index in [1.54, 1.807) is 24.3 Å². The SMILES string of the molecule is Cc1cccc(NC(=O)/C(C#N)=C\c2cc(Br)c(OCc3ccc(F)cc3)c(I)c2)c1. The molecule has 0 heterocycles. The van der Waals surface area contributed by atoms with Crippen molar-refractivity contribution in [2.24, 2.45) is 0 Å². The number of carbonyl (C=O) groups is 1. The van der Waals surface area contributed by atoms with Gasteiger partial charge >= 0.3 is 0 Å². The molecule has 0 atom stereocenters. The van der Waals surface area contributed by atoms with Gasteiger partial charge in [0.1, 0.15) is 29.8 Å². The Morgan fingerprint density at radius 2 is 1.97 bits per heavy atom. The number of halogens is 3. The molecule has 3 aromatic carbocycles. The number of ether oxygens (including phenoxy) is 1. The Labute approximate surface area is 202 Å². The van der Waals surface area contributed by atoms with Crippen molar-refractivity contribution in [2.45, 2.75) is 13.5 Å². The van der Waals surface area contributed by atoms with Crippen LogP contribution in [0.5, 0.6) is 5.75 Å². The monoisotopic (exact) mass is 590 g/mol. The molecule has 0 aliphatic rings. The van der Waals surface area contributed by atoms with Gasteiger partial charge < -0.3 is 10.1 Å². The largest absolute Gasteiger partial charge is 0.487 e. The third-order valence-corrected chi connectivity index (χ3v) is 5.66. The number of hydrogen-bond donors (Lipinski definition) is 1. The van der Waals surface area contributed by atoms with Crippen LogP contribution >= 0.6 is 38.5 Å². The van der Waals surface area contributed by atoms with Crippen molar-refractivity contribution < 1.29 is 13.9 Å². The molecule has 0 unspecified atom stereocenters. The second-order valence-electron chi connectivity index (χ2n) is 6.72. The van der Waals surface area contributed by atoms with Crippen LogP contribution in [0.2, 0.25) is 0 Å². The highest BCUT2D eigenvalue weighted by Crippen LogP contribution is 2.33. The Hall–Kier alpha value is -2.70. The molecule has 0 saturated heterocycles. The van der Waals surface area contributed by atoms with Crippen molar-refractivity contribution in [3.05, 3.63) is 96.8 Å². The molecule has 1 amide bonds. The number of nitrogens with one attached hydrogen (secondary N) is 1. The normalized spacial score (nSPS) is 11.0. The highest BCUT2D eigenvalue weighted by atomic mass is 127. The number of amides is 1. The van der Waals surface area contributed by atoms with Crippen molar-refractivity contribution >= 4 is 56.2 Å². The summed E-state index contributed by atoms with van der Waals surface area (Å²) in [5.41, 5.74) is 3.15. The minimum Gasteiger partial charge on any atom is -0.487 e. The molecule has 0 aliphatic carbocycles. The summed E-state index contributed by atoms with van der Waals surface area (Å²) in [5, 5.41) is 12.2. The molecule has 1 N–H and O–H groups in total. The van der Waals surface area contributed by atoms with E-state index in [4.69, 9.17) is 4.74 Å². The standard InChI is InChI=1S/C24H17BrFIN2O2/c1-15-3-2-4-20(9-15)29-24(30)18(13-28)10-17-11-21(25)23(22(27)12-17)31-14-16-5-7-19(26)8-6-16/h2-12H,14H2,1H3,(H,29,30)/b18-10-. The predicted molar refractivity (Wildman–Crippen MR) is 131 cm³/mol. The molecule has 0 aromatic heterocycles. The zero-order chi connectivity index (χ0) is 22.4. The van der Waals surface area contributed by atoms with Crippen LogP contribution < -0.4 is 10.1 Å². The minimum atomic E-state index is -0.476. The third kappa shape index (κ3) is 6.39. The van der Waals surface area contributed by atoms with E-state index in [2.05, 4.69) is 43.8 Å². The predicted octanol–water partition coefficient (Wildman–Crippen LogP) is 6.63. The van der Waals surface area contributed by atoms with Crippen LogP contribution in [0.15, 0.2) is 70.7 Å². The van der Waals surface area contributed by atoms with Crippen molar-refractivity contribution in [3.8, 4) is 11.8 Å². The van der Waals surface area contributed by atoms with Gasteiger partial charge in [0.25, 0.3) is 5.91 Å². The lowest BCUT2D eigenvalue weighted by Gasteiger charge is -2.12. The maximum absolute atomic E-state index is 13.0.